The summed E-state index contributed by atoms with van der Waals surface area (Å²) in [6.45, 7) is 3.89. The van der Waals surface area contributed by atoms with Crippen molar-refractivity contribution < 1.29 is 9.53 Å². The van der Waals surface area contributed by atoms with Gasteiger partial charge in [-0.3, -0.25) is 4.79 Å². The number of benzene rings is 2. The van der Waals surface area contributed by atoms with Crippen LogP contribution in [0.5, 0.6) is 5.75 Å². The average molecular weight is 315 g/mol. The second kappa shape index (κ2) is 4.67. The maximum absolute atomic E-state index is 12.3. The molecule has 0 saturated carbocycles. The zero-order valence-corrected chi connectivity index (χ0v) is 11.7. The molecule has 2 nitrogen and oxygen atoms in total. The largest absolute Gasteiger partial charge is 0.480 e. The molecule has 0 bridgehead atoms. The molecule has 94 valence electrons. The first-order valence-corrected chi connectivity index (χ1v) is 6.71. The molecule has 0 radical (unpaired) electrons. The minimum atomic E-state index is -0.407. The van der Waals surface area contributed by atoms with Gasteiger partial charge in [0.25, 0.3) is 0 Å². The first-order valence-electron chi connectivity index (χ1n) is 5.91. The number of ether oxygens (including phenoxy) is 1. The third-order valence-corrected chi connectivity index (χ3v) is 3.69. The van der Waals surface area contributed by atoms with Crippen molar-refractivity contribution in [1.29, 1.82) is 0 Å². The minimum absolute atomic E-state index is 0.0465. The maximum atomic E-state index is 12.3. The van der Waals surface area contributed by atoms with Gasteiger partial charge in [-0.25, -0.2) is 0 Å². The average Bonchev–Trinajstić information content (AvgIpc) is 2.44. The van der Waals surface area contributed by atoms with Gasteiger partial charge < -0.3 is 4.74 Å². The second-order valence-corrected chi connectivity index (χ2v) is 5.32. The van der Waals surface area contributed by atoms with Crippen molar-refractivity contribution in [1.82, 2.24) is 0 Å². The van der Waals surface area contributed by atoms with Crippen molar-refractivity contribution in [3.8, 4) is 5.75 Å². The number of rotatable bonds is 1. The van der Waals surface area contributed by atoms with E-state index in [1.165, 1.54) is 0 Å². The molecule has 0 aromatic heterocycles. The number of para-hydroxylation sites is 1. The lowest BCUT2D eigenvalue weighted by Gasteiger charge is -2.27. The number of fused-ring (bicyclic) bond motifs is 1. The van der Waals surface area contributed by atoms with Crippen LogP contribution in [0.4, 0.5) is 0 Å². The number of Topliss-reactive ketones (excluding diaryl/α,β-unsaturated/α-hetero) is 1. The van der Waals surface area contributed by atoms with Gasteiger partial charge in [-0.2, -0.15) is 0 Å². The Bertz CT molecular complexity index is 659. The van der Waals surface area contributed by atoms with Crippen LogP contribution in [0.1, 0.15) is 22.0 Å². The summed E-state index contributed by atoms with van der Waals surface area (Å²) in [5.41, 5.74) is 1.98. The Labute approximate surface area is 119 Å². The Morgan fingerprint density at radius 1 is 1.05 bits per heavy atom. The van der Waals surface area contributed by atoms with Gasteiger partial charge in [0.1, 0.15) is 5.75 Å². The van der Waals surface area contributed by atoms with Gasteiger partial charge in [-0.05, 0) is 29.8 Å². The van der Waals surface area contributed by atoms with Gasteiger partial charge in [-0.15, -0.1) is 0 Å². The molecule has 0 amide bonds. The van der Waals surface area contributed by atoms with Crippen LogP contribution in [0.2, 0.25) is 0 Å². The maximum Gasteiger partial charge on any atom is 0.196 e. The van der Waals surface area contributed by atoms with Crippen molar-refractivity contribution in [2.45, 2.75) is 6.10 Å². The molecule has 1 heterocycles. The molecular weight excluding hydrogens is 304 g/mol. The third-order valence-electron chi connectivity index (χ3n) is 3.16. The van der Waals surface area contributed by atoms with Crippen LogP contribution in [0.3, 0.4) is 0 Å². The molecule has 0 aliphatic carbocycles. The van der Waals surface area contributed by atoms with E-state index in [4.69, 9.17) is 4.74 Å². The summed E-state index contributed by atoms with van der Waals surface area (Å²) in [5, 5.41) is 0. The van der Waals surface area contributed by atoms with Crippen LogP contribution < -0.4 is 4.74 Å². The van der Waals surface area contributed by atoms with E-state index in [2.05, 4.69) is 22.5 Å². The van der Waals surface area contributed by atoms with Crippen molar-refractivity contribution in [3.05, 3.63) is 76.3 Å². The molecule has 19 heavy (non-hydrogen) atoms. The van der Waals surface area contributed by atoms with Crippen molar-refractivity contribution in [2.75, 3.05) is 0 Å². The van der Waals surface area contributed by atoms with E-state index in [9.17, 15) is 4.79 Å². The molecular formula is C16H11BrO2. The number of carbonyl (C=O) groups is 1. The molecule has 2 aromatic carbocycles. The first kappa shape index (κ1) is 12.2. The molecule has 0 N–H and O–H groups in total. The van der Waals surface area contributed by atoms with Gasteiger partial charge in [0.2, 0.25) is 0 Å². The molecule has 1 unspecified atom stereocenters. The summed E-state index contributed by atoms with van der Waals surface area (Å²) in [6.07, 6.45) is -0.407. The predicted octanol–water partition coefficient (Wildman–Crippen LogP) is 4.32. The number of carbonyl (C=O) groups excluding carboxylic acids is 1. The summed E-state index contributed by atoms with van der Waals surface area (Å²) < 4.78 is 6.90. The van der Waals surface area contributed by atoms with Gasteiger partial charge >= 0.3 is 0 Å². The van der Waals surface area contributed by atoms with Gasteiger partial charge in [0.05, 0.1) is 5.56 Å². The van der Waals surface area contributed by atoms with E-state index in [1.54, 1.807) is 6.07 Å². The molecule has 1 aliphatic heterocycles. The fourth-order valence-corrected chi connectivity index (χ4v) is 2.42. The van der Waals surface area contributed by atoms with Gasteiger partial charge in [0, 0.05) is 10.0 Å². The summed E-state index contributed by atoms with van der Waals surface area (Å²) in [6, 6.07) is 15.0. The van der Waals surface area contributed by atoms with Crippen LogP contribution in [-0.2, 0) is 0 Å². The fraction of sp³-hybridized carbons (Fsp3) is 0.0625. The van der Waals surface area contributed by atoms with Crippen LogP contribution in [0, 0.1) is 0 Å². The molecule has 1 atom stereocenters. The lowest BCUT2D eigenvalue weighted by molar-refractivity contribution is 0.0962. The lowest BCUT2D eigenvalue weighted by Crippen LogP contribution is -2.22. The van der Waals surface area contributed by atoms with Crippen molar-refractivity contribution in [3.63, 3.8) is 0 Å². The summed E-state index contributed by atoms with van der Waals surface area (Å²) in [7, 11) is 0. The number of hydrogen-bond donors (Lipinski definition) is 0. The van der Waals surface area contributed by atoms with E-state index < -0.39 is 6.10 Å². The molecule has 3 heteroatoms. The number of halogens is 1. The Balaban J connectivity index is 2.04. The summed E-state index contributed by atoms with van der Waals surface area (Å²) >= 11 is 3.39. The molecule has 0 saturated heterocycles. The standard InChI is InChI=1S/C16H11BrO2/c1-10-15(18)13-4-2-3-5-14(13)19-16(10)11-6-8-12(17)9-7-11/h2-9,16H,1H2. The molecule has 1 aliphatic rings. The van der Waals surface area contributed by atoms with E-state index in [0.717, 1.165) is 10.0 Å². The number of hydrogen-bond acceptors (Lipinski definition) is 2. The van der Waals surface area contributed by atoms with Crippen molar-refractivity contribution >= 4 is 21.7 Å². The van der Waals surface area contributed by atoms with Gasteiger partial charge in [-0.1, -0.05) is 46.8 Å². The molecule has 2 aromatic rings. The van der Waals surface area contributed by atoms with Crippen LogP contribution in [0.25, 0.3) is 0 Å². The Morgan fingerprint density at radius 3 is 2.47 bits per heavy atom. The SMILES string of the molecule is C=C1C(=O)c2ccccc2OC1c1ccc(Br)cc1. The monoisotopic (exact) mass is 314 g/mol. The van der Waals surface area contributed by atoms with E-state index in [-0.39, 0.29) is 5.78 Å². The Hall–Kier alpha value is -1.87. The summed E-state index contributed by atoms with van der Waals surface area (Å²) in [5.74, 6) is 0.572. The highest BCUT2D eigenvalue weighted by molar-refractivity contribution is 9.10. The molecule has 0 spiro atoms. The summed E-state index contributed by atoms with van der Waals surface area (Å²) in [4.78, 5) is 12.3. The van der Waals surface area contributed by atoms with E-state index >= 15 is 0 Å². The Kier molecular flexibility index (Phi) is 2.99. The minimum Gasteiger partial charge on any atom is -0.480 e. The Morgan fingerprint density at radius 2 is 1.74 bits per heavy atom. The van der Waals surface area contributed by atoms with E-state index in [1.807, 2.05) is 42.5 Å². The molecule has 3 rings (SSSR count). The zero-order chi connectivity index (χ0) is 13.4. The fourth-order valence-electron chi connectivity index (χ4n) is 2.15. The predicted molar refractivity (Wildman–Crippen MR) is 77.4 cm³/mol. The first-order chi connectivity index (χ1) is 9.16. The molecule has 0 fully saturated rings. The lowest BCUT2D eigenvalue weighted by atomic mass is 9.92. The topological polar surface area (TPSA) is 26.3 Å². The highest BCUT2D eigenvalue weighted by atomic mass is 79.9. The third kappa shape index (κ3) is 2.10. The van der Waals surface area contributed by atoms with Crippen LogP contribution >= 0.6 is 15.9 Å². The zero-order valence-electron chi connectivity index (χ0n) is 10.1. The van der Waals surface area contributed by atoms with E-state index in [0.29, 0.717) is 16.9 Å². The highest BCUT2D eigenvalue weighted by Gasteiger charge is 2.30. The van der Waals surface area contributed by atoms with Crippen LogP contribution in [-0.4, -0.2) is 5.78 Å². The highest BCUT2D eigenvalue weighted by Crippen LogP contribution is 2.37. The second-order valence-electron chi connectivity index (χ2n) is 4.40. The van der Waals surface area contributed by atoms with Crippen molar-refractivity contribution in [2.24, 2.45) is 0 Å². The smallest absolute Gasteiger partial charge is 0.196 e. The van der Waals surface area contributed by atoms with Gasteiger partial charge in [0.15, 0.2) is 11.9 Å². The van der Waals surface area contributed by atoms with Crippen LogP contribution in [0.15, 0.2) is 65.2 Å². The normalized spacial score (nSPS) is 17.8. The number of ketones is 1. The quantitative estimate of drug-likeness (QED) is 0.733.